The van der Waals surface area contributed by atoms with Gasteiger partial charge < -0.3 is 10.3 Å². The van der Waals surface area contributed by atoms with E-state index in [4.69, 9.17) is 12.2 Å². The number of para-hydroxylation sites is 1. The van der Waals surface area contributed by atoms with Crippen molar-refractivity contribution in [3.05, 3.63) is 81.4 Å². The number of hydrogen-bond donors (Lipinski definition) is 2. The largest absolute Gasteiger partial charge is 0.337 e. The van der Waals surface area contributed by atoms with Crippen LogP contribution in [-0.2, 0) is 11.2 Å². The van der Waals surface area contributed by atoms with E-state index in [1.54, 1.807) is 35.0 Å². The zero-order chi connectivity index (χ0) is 17.8. The molecule has 1 heterocycles. The summed E-state index contributed by atoms with van der Waals surface area (Å²) >= 11 is 5.26. The van der Waals surface area contributed by atoms with Crippen LogP contribution in [0.3, 0.4) is 0 Å². The van der Waals surface area contributed by atoms with Crippen LogP contribution in [0.25, 0.3) is 5.69 Å². The predicted octanol–water partition coefficient (Wildman–Crippen LogP) is 3.62. The van der Waals surface area contributed by atoms with E-state index < -0.39 is 4.92 Å². The number of carbonyl (C=O) groups is 1. The fourth-order valence-electron chi connectivity index (χ4n) is 2.43. The number of hydrogen-bond acceptors (Lipinski definition) is 4. The minimum absolute atomic E-state index is 0.00539. The summed E-state index contributed by atoms with van der Waals surface area (Å²) < 4.78 is 2.10. The van der Waals surface area contributed by atoms with Crippen LogP contribution in [0.1, 0.15) is 5.69 Å². The number of amides is 1. The number of aromatic nitrogens is 2. The molecule has 8 heteroatoms. The summed E-state index contributed by atoms with van der Waals surface area (Å²) in [4.78, 5) is 25.5. The molecule has 2 N–H and O–H groups in total. The third kappa shape index (κ3) is 3.81. The van der Waals surface area contributed by atoms with Crippen LogP contribution in [0.2, 0.25) is 0 Å². The standard InChI is InChI=1S/C17H14N4O3S/c22-16(19-12-4-2-1-3-5-12)10-15-11-18-17(25)20(15)13-6-8-14(9-7-13)21(23)24/h1-9,11H,10H2,(H,18,25)(H,19,22). The number of anilines is 1. The molecule has 3 rings (SSSR count). The summed E-state index contributed by atoms with van der Waals surface area (Å²) in [5, 5.41) is 13.6. The van der Waals surface area contributed by atoms with Gasteiger partial charge in [-0.05, 0) is 36.5 Å². The molecule has 126 valence electrons. The van der Waals surface area contributed by atoms with Crippen LogP contribution in [0, 0.1) is 14.9 Å². The molecule has 7 nitrogen and oxygen atoms in total. The molecular weight excluding hydrogens is 340 g/mol. The molecule has 0 aliphatic heterocycles. The van der Waals surface area contributed by atoms with Crippen molar-refractivity contribution in [1.29, 1.82) is 0 Å². The van der Waals surface area contributed by atoms with Crippen molar-refractivity contribution in [2.75, 3.05) is 5.32 Å². The van der Waals surface area contributed by atoms with Gasteiger partial charge in [-0.15, -0.1) is 0 Å². The Kier molecular flexibility index (Phi) is 4.71. The van der Waals surface area contributed by atoms with Gasteiger partial charge in [0.1, 0.15) is 0 Å². The summed E-state index contributed by atoms with van der Waals surface area (Å²) in [5.41, 5.74) is 2.02. The fourth-order valence-corrected chi connectivity index (χ4v) is 2.71. The van der Waals surface area contributed by atoms with Crippen molar-refractivity contribution >= 4 is 29.5 Å². The number of non-ortho nitro benzene ring substituents is 1. The highest BCUT2D eigenvalue weighted by Gasteiger charge is 2.12. The molecule has 1 aromatic heterocycles. The Morgan fingerprint density at radius 1 is 1.16 bits per heavy atom. The smallest absolute Gasteiger partial charge is 0.269 e. The molecule has 2 aromatic carbocycles. The molecule has 1 amide bonds. The molecule has 3 aromatic rings. The highest BCUT2D eigenvalue weighted by molar-refractivity contribution is 7.71. The first-order valence-corrected chi connectivity index (χ1v) is 7.84. The zero-order valence-electron chi connectivity index (χ0n) is 13.0. The van der Waals surface area contributed by atoms with Gasteiger partial charge in [-0.1, -0.05) is 18.2 Å². The number of nitro groups is 1. The minimum atomic E-state index is -0.464. The van der Waals surface area contributed by atoms with Gasteiger partial charge in [-0.3, -0.25) is 19.5 Å². The van der Waals surface area contributed by atoms with E-state index in [2.05, 4.69) is 10.3 Å². The lowest BCUT2D eigenvalue weighted by molar-refractivity contribution is -0.384. The first kappa shape index (κ1) is 16.6. The van der Waals surface area contributed by atoms with E-state index >= 15 is 0 Å². The monoisotopic (exact) mass is 354 g/mol. The van der Waals surface area contributed by atoms with Gasteiger partial charge in [0.15, 0.2) is 4.77 Å². The van der Waals surface area contributed by atoms with E-state index in [1.165, 1.54) is 12.1 Å². The molecular formula is C17H14N4O3S. The number of benzene rings is 2. The average molecular weight is 354 g/mol. The number of nitrogens with zero attached hydrogens (tertiary/aromatic N) is 2. The van der Waals surface area contributed by atoms with Crippen molar-refractivity contribution in [3.63, 3.8) is 0 Å². The molecule has 0 atom stereocenters. The van der Waals surface area contributed by atoms with Gasteiger partial charge in [0.05, 0.1) is 17.0 Å². The quantitative estimate of drug-likeness (QED) is 0.416. The van der Waals surface area contributed by atoms with E-state index in [9.17, 15) is 14.9 Å². The van der Waals surface area contributed by atoms with Gasteiger partial charge in [0.25, 0.3) is 5.69 Å². The minimum Gasteiger partial charge on any atom is -0.337 e. The lowest BCUT2D eigenvalue weighted by Gasteiger charge is -2.09. The molecule has 0 saturated carbocycles. The number of rotatable bonds is 5. The third-order valence-electron chi connectivity index (χ3n) is 3.57. The molecule has 0 spiro atoms. The summed E-state index contributed by atoms with van der Waals surface area (Å²) in [6, 6.07) is 15.1. The van der Waals surface area contributed by atoms with Gasteiger partial charge in [0, 0.05) is 29.7 Å². The molecule has 0 radical (unpaired) electrons. The second kappa shape index (κ2) is 7.10. The highest BCUT2D eigenvalue weighted by atomic mass is 32.1. The Labute approximate surface area is 148 Å². The molecule has 0 aliphatic rings. The average Bonchev–Trinajstić information content (AvgIpc) is 2.96. The Balaban J connectivity index is 1.83. The van der Waals surface area contributed by atoms with Crippen molar-refractivity contribution in [3.8, 4) is 5.69 Å². The van der Waals surface area contributed by atoms with Gasteiger partial charge >= 0.3 is 0 Å². The van der Waals surface area contributed by atoms with Crippen molar-refractivity contribution in [2.24, 2.45) is 0 Å². The number of nitrogens with one attached hydrogen (secondary N) is 2. The van der Waals surface area contributed by atoms with Gasteiger partial charge in [-0.25, -0.2) is 0 Å². The number of imidazole rings is 1. The van der Waals surface area contributed by atoms with Crippen LogP contribution in [0.5, 0.6) is 0 Å². The topological polar surface area (TPSA) is 93.0 Å². The van der Waals surface area contributed by atoms with Gasteiger partial charge in [-0.2, -0.15) is 0 Å². The van der Waals surface area contributed by atoms with Crippen molar-refractivity contribution in [1.82, 2.24) is 9.55 Å². The Hall–Kier alpha value is -3.26. The number of aromatic amines is 1. The third-order valence-corrected chi connectivity index (χ3v) is 3.87. The molecule has 0 bridgehead atoms. The van der Waals surface area contributed by atoms with Crippen LogP contribution < -0.4 is 5.32 Å². The van der Waals surface area contributed by atoms with E-state index in [0.717, 1.165) is 0 Å². The number of carbonyl (C=O) groups excluding carboxylic acids is 1. The van der Waals surface area contributed by atoms with Crippen LogP contribution in [0.15, 0.2) is 60.8 Å². The lowest BCUT2D eigenvalue weighted by Crippen LogP contribution is -2.16. The fraction of sp³-hybridized carbons (Fsp3) is 0.0588. The van der Waals surface area contributed by atoms with Crippen LogP contribution in [-0.4, -0.2) is 20.4 Å². The van der Waals surface area contributed by atoms with Crippen molar-refractivity contribution in [2.45, 2.75) is 6.42 Å². The Morgan fingerprint density at radius 3 is 2.48 bits per heavy atom. The lowest BCUT2D eigenvalue weighted by atomic mass is 10.2. The normalized spacial score (nSPS) is 10.4. The summed E-state index contributed by atoms with van der Waals surface area (Å²) in [6.45, 7) is 0. The Morgan fingerprint density at radius 2 is 1.84 bits per heavy atom. The first-order valence-electron chi connectivity index (χ1n) is 7.43. The summed E-state index contributed by atoms with van der Waals surface area (Å²) in [7, 11) is 0. The second-order valence-corrected chi connectivity index (χ2v) is 5.67. The van der Waals surface area contributed by atoms with Crippen LogP contribution in [0.4, 0.5) is 11.4 Å². The summed E-state index contributed by atoms with van der Waals surface area (Å²) in [6.07, 6.45) is 1.77. The SMILES string of the molecule is O=C(Cc1c[nH]c(=S)n1-c1ccc([N+](=O)[O-])cc1)Nc1ccccc1. The van der Waals surface area contributed by atoms with E-state index in [0.29, 0.717) is 21.8 Å². The maximum atomic E-state index is 12.3. The zero-order valence-corrected chi connectivity index (χ0v) is 13.8. The molecule has 25 heavy (non-hydrogen) atoms. The summed E-state index contributed by atoms with van der Waals surface area (Å²) in [5.74, 6) is -0.184. The predicted molar refractivity (Wildman–Crippen MR) is 96.4 cm³/mol. The highest BCUT2D eigenvalue weighted by Crippen LogP contribution is 2.18. The maximum absolute atomic E-state index is 12.3. The van der Waals surface area contributed by atoms with E-state index in [-0.39, 0.29) is 18.0 Å². The van der Waals surface area contributed by atoms with Crippen LogP contribution >= 0.6 is 12.2 Å². The number of nitro benzene ring substituents is 1. The Bertz CT molecular complexity index is 962. The molecule has 0 saturated heterocycles. The second-order valence-electron chi connectivity index (χ2n) is 5.29. The van der Waals surface area contributed by atoms with E-state index in [1.807, 2.05) is 18.2 Å². The molecule has 0 fully saturated rings. The maximum Gasteiger partial charge on any atom is 0.269 e. The molecule has 0 unspecified atom stereocenters. The van der Waals surface area contributed by atoms with Gasteiger partial charge in [0.2, 0.25) is 5.91 Å². The first-order chi connectivity index (χ1) is 12.0. The van der Waals surface area contributed by atoms with Crippen molar-refractivity contribution < 1.29 is 9.72 Å². The number of H-pyrrole nitrogens is 1. The molecule has 0 aliphatic carbocycles.